The summed E-state index contributed by atoms with van der Waals surface area (Å²) in [5, 5.41) is 0. The fraction of sp³-hybridized carbons (Fsp3) is 0.607. The molecule has 5 nitrogen and oxygen atoms in total. The van der Waals surface area contributed by atoms with Crippen LogP contribution < -0.4 is 4.90 Å². The van der Waals surface area contributed by atoms with Gasteiger partial charge in [-0.2, -0.15) is 0 Å². The van der Waals surface area contributed by atoms with Crippen molar-refractivity contribution in [1.82, 2.24) is 14.7 Å². The predicted octanol–water partition coefficient (Wildman–Crippen LogP) is 4.81. The van der Waals surface area contributed by atoms with Gasteiger partial charge in [0.1, 0.15) is 5.69 Å². The van der Waals surface area contributed by atoms with E-state index in [-0.39, 0.29) is 0 Å². The highest BCUT2D eigenvalue weighted by atomic mass is 32.1. The van der Waals surface area contributed by atoms with Crippen LogP contribution >= 0.6 is 0 Å². The number of nitrogens with zero attached hydrogens (tertiary/aromatic N) is 5. The SMILES string of the molecule is CCN(CC)CCN(CC)C1=CCC(=Nc2ccc(N(CC)CCN(CC)CC)cc2[SH2+])C=C1. The van der Waals surface area contributed by atoms with E-state index >= 15 is 0 Å². The van der Waals surface area contributed by atoms with Crippen LogP contribution in [-0.2, 0) is 12.6 Å². The van der Waals surface area contributed by atoms with Crippen LogP contribution in [0.25, 0.3) is 0 Å². The maximum absolute atomic E-state index is 4.95. The molecule has 1 aliphatic rings. The molecule has 0 N–H and O–H groups in total. The molecule has 190 valence electrons. The van der Waals surface area contributed by atoms with Gasteiger partial charge in [-0.15, -0.1) is 0 Å². The Balaban J connectivity index is 2.02. The first-order chi connectivity index (χ1) is 16.5. The maximum Gasteiger partial charge on any atom is 0.178 e. The molecule has 0 unspecified atom stereocenters. The fourth-order valence-electron chi connectivity index (χ4n) is 4.36. The summed E-state index contributed by atoms with van der Waals surface area (Å²) in [5.74, 6) is 0. The summed E-state index contributed by atoms with van der Waals surface area (Å²) < 4.78 is 0. The third kappa shape index (κ3) is 8.47. The zero-order valence-electron chi connectivity index (χ0n) is 22.5. The standard InChI is InChI=1S/C28H47N5S/c1-7-30(8-2)19-21-32(11-5)25-15-13-24(14-16-25)29-27-18-17-26(23-28(27)34)33(12-6)22-20-31(9-3)10-4/h13,15-18,23,34H,7-12,14,19-22H2,1-6H3/p+1. The average Bonchev–Trinajstić information content (AvgIpc) is 2.87. The number of aliphatic imine (C=N–C) groups is 1. The molecule has 34 heavy (non-hydrogen) atoms. The van der Waals surface area contributed by atoms with E-state index in [0.29, 0.717) is 0 Å². The van der Waals surface area contributed by atoms with E-state index < -0.39 is 0 Å². The predicted molar refractivity (Wildman–Crippen MR) is 155 cm³/mol. The second-order valence-corrected chi connectivity index (χ2v) is 9.22. The van der Waals surface area contributed by atoms with E-state index in [1.165, 1.54) is 11.4 Å². The molecule has 0 saturated heterocycles. The molecule has 0 heterocycles. The lowest BCUT2D eigenvalue weighted by atomic mass is 10.1. The number of hydrogen-bond acceptors (Lipinski definition) is 5. The minimum Gasteiger partial charge on any atom is -0.371 e. The molecule has 0 aromatic heterocycles. The zero-order chi connectivity index (χ0) is 24.9. The Morgan fingerprint density at radius 3 is 1.79 bits per heavy atom. The molecular weight excluding hydrogens is 438 g/mol. The van der Waals surface area contributed by atoms with Crippen LogP contribution in [-0.4, -0.2) is 85.9 Å². The Labute approximate surface area is 214 Å². The second-order valence-electron chi connectivity index (χ2n) is 8.68. The Morgan fingerprint density at radius 2 is 1.32 bits per heavy atom. The molecule has 6 heteroatoms. The topological polar surface area (TPSA) is 25.3 Å². The monoisotopic (exact) mass is 486 g/mol. The normalized spacial score (nSPS) is 14.9. The van der Waals surface area contributed by atoms with E-state index in [1.807, 2.05) is 0 Å². The highest BCUT2D eigenvalue weighted by molar-refractivity contribution is 7.59. The zero-order valence-corrected chi connectivity index (χ0v) is 23.5. The van der Waals surface area contributed by atoms with Crippen LogP contribution in [0.1, 0.15) is 48.0 Å². The molecule has 1 aromatic rings. The van der Waals surface area contributed by atoms with Gasteiger partial charge in [0.25, 0.3) is 0 Å². The van der Waals surface area contributed by atoms with Crippen molar-refractivity contribution in [2.24, 2.45) is 4.99 Å². The van der Waals surface area contributed by atoms with Gasteiger partial charge in [0, 0.05) is 68.9 Å². The quantitative estimate of drug-likeness (QED) is 0.332. The Bertz CT molecular complexity index is 824. The van der Waals surface area contributed by atoms with Crippen molar-refractivity contribution >= 4 is 29.7 Å². The van der Waals surface area contributed by atoms with E-state index in [4.69, 9.17) is 4.99 Å². The molecule has 0 radical (unpaired) electrons. The number of hydrogen-bond donors (Lipinski definition) is 0. The first-order valence-corrected chi connectivity index (χ1v) is 13.7. The van der Waals surface area contributed by atoms with Crippen molar-refractivity contribution < 1.29 is 0 Å². The first-order valence-electron chi connectivity index (χ1n) is 13.2. The summed E-state index contributed by atoms with van der Waals surface area (Å²) in [6, 6.07) is 6.55. The van der Waals surface area contributed by atoms with Crippen molar-refractivity contribution in [3.63, 3.8) is 0 Å². The molecule has 1 aliphatic carbocycles. The molecule has 0 fully saturated rings. The summed E-state index contributed by atoms with van der Waals surface area (Å²) >= 11 is 3.84. The Hall–Kier alpha value is -1.76. The van der Waals surface area contributed by atoms with Crippen LogP contribution in [0.15, 0.2) is 52.0 Å². The summed E-state index contributed by atoms with van der Waals surface area (Å²) in [6.45, 7) is 24.1. The molecule has 0 amide bonds. The summed E-state index contributed by atoms with van der Waals surface area (Å²) in [5.41, 5.74) is 4.65. The number of anilines is 1. The molecule has 1 aromatic carbocycles. The lowest BCUT2D eigenvalue weighted by Crippen LogP contribution is -2.35. The smallest absolute Gasteiger partial charge is 0.178 e. The van der Waals surface area contributed by atoms with Gasteiger partial charge < -0.3 is 19.6 Å². The van der Waals surface area contributed by atoms with E-state index in [9.17, 15) is 0 Å². The van der Waals surface area contributed by atoms with Crippen molar-refractivity contribution in [1.29, 1.82) is 0 Å². The maximum atomic E-state index is 4.95. The van der Waals surface area contributed by atoms with Crippen molar-refractivity contribution in [2.45, 2.75) is 52.9 Å². The molecule has 0 aliphatic heterocycles. The van der Waals surface area contributed by atoms with Gasteiger partial charge in [0.15, 0.2) is 4.90 Å². The largest absolute Gasteiger partial charge is 0.371 e. The summed E-state index contributed by atoms with van der Waals surface area (Å²) in [7, 11) is 0. The summed E-state index contributed by atoms with van der Waals surface area (Å²) in [4.78, 5) is 15.8. The van der Waals surface area contributed by atoms with Crippen molar-refractivity contribution in [3.8, 4) is 0 Å². The average molecular weight is 487 g/mol. The van der Waals surface area contributed by atoms with Gasteiger partial charge >= 0.3 is 0 Å². The Kier molecular flexibility index (Phi) is 12.8. The molecule has 2 rings (SSSR count). The number of benzene rings is 1. The number of likely N-dealkylation sites (N-methyl/N-ethyl adjacent to an activating group) is 4. The van der Waals surface area contributed by atoms with Gasteiger partial charge in [-0.3, -0.25) is 0 Å². The molecule has 0 bridgehead atoms. The first kappa shape index (κ1) is 28.5. The van der Waals surface area contributed by atoms with Gasteiger partial charge in [0.05, 0.1) is 0 Å². The summed E-state index contributed by atoms with van der Waals surface area (Å²) in [6.07, 6.45) is 7.59. The lowest BCUT2D eigenvalue weighted by molar-refractivity contribution is 0.253. The number of rotatable bonds is 15. The molecule has 0 atom stereocenters. The van der Waals surface area contributed by atoms with Crippen LogP contribution in [0, 0.1) is 0 Å². The minimum absolute atomic E-state index is 0.867. The van der Waals surface area contributed by atoms with E-state index in [2.05, 4.69) is 110 Å². The lowest BCUT2D eigenvalue weighted by Gasteiger charge is -2.29. The van der Waals surface area contributed by atoms with Crippen LogP contribution in [0.5, 0.6) is 0 Å². The fourth-order valence-corrected chi connectivity index (χ4v) is 4.65. The van der Waals surface area contributed by atoms with Gasteiger partial charge in [0.2, 0.25) is 0 Å². The van der Waals surface area contributed by atoms with Crippen LogP contribution in [0.4, 0.5) is 11.4 Å². The van der Waals surface area contributed by atoms with Crippen LogP contribution in [0.3, 0.4) is 0 Å². The molecule has 0 spiro atoms. The van der Waals surface area contributed by atoms with E-state index in [1.54, 1.807) is 0 Å². The second kappa shape index (κ2) is 15.3. The highest BCUT2D eigenvalue weighted by Gasteiger charge is 2.14. The third-order valence-corrected chi connectivity index (χ3v) is 7.27. The number of allylic oxidation sites excluding steroid dienone is 3. The van der Waals surface area contributed by atoms with Gasteiger partial charge in [-0.1, -0.05) is 33.8 Å². The minimum atomic E-state index is 0.867. The van der Waals surface area contributed by atoms with Crippen molar-refractivity contribution in [2.75, 3.05) is 70.3 Å². The third-order valence-electron chi connectivity index (χ3n) is 6.87. The Morgan fingerprint density at radius 1 is 0.735 bits per heavy atom. The molecule has 0 saturated carbocycles. The highest BCUT2D eigenvalue weighted by Crippen LogP contribution is 2.27. The molecular formula is C28H48N5S+. The van der Waals surface area contributed by atoms with E-state index in [0.717, 1.165) is 88.2 Å². The van der Waals surface area contributed by atoms with Crippen molar-refractivity contribution in [3.05, 3.63) is 42.1 Å². The van der Waals surface area contributed by atoms with Gasteiger partial charge in [-0.25, -0.2) is 4.99 Å². The van der Waals surface area contributed by atoms with Crippen LogP contribution in [0.2, 0.25) is 0 Å². The van der Waals surface area contributed by atoms with Gasteiger partial charge in [-0.05, 0) is 76.9 Å².